The maximum absolute atomic E-state index is 13.4. The topological polar surface area (TPSA) is 60.2 Å². The molecular weight excluding hydrogens is 452 g/mol. The summed E-state index contributed by atoms with van der Waals surface area (Å²) >= 11 is 0. The van der Waals surface area contributed by atoms with E-state index >= 15 is 0 Å². The normalized spacial score (nSPS) is 16.9. The van der Waals surface area contributed by atoms with Gasteiger partial charge in [-0.15, -0.1) is 0 Å². The first-order valence-corrected chi connectivity index (χ1v) is 11.0. The lowest BCUT2D eigenvalue weighted by Gasteiger charge is -2.28. The Morgan fingerprint density at radius 2 is 1.91 bits per heavy atom. The molecule has 0 unspecified atom stereocenters. The van der Waals surface area contributed by atoms with Crippen molar-refractivity contribution in [3.8, 4) is 0 Å². The van der Waals surface area contributed by atoms with Crippen LogP contribution in [0.3, 0.4) is 0 Å². The van der Waals surface area contributed by atoms with Crippen LogP contribution < -0.4 is 0 Å². The number of halogens is 4. The molecule has 0 saturated carbocycles. The van der Waals surface area contributed by atoms with Crippen LogP contribution in [0.15, 0.2) is 36.5 Å². The number of ether oxygens (including phenoxy) is 1. The van der Waals surface area contributed by atoms with Crippen LogP contribution in [0.5, 0.6) is 0 Å². The predicted octanol–water partition coefficient (Wildman–Crippen LogP) is 6.04. The Bertz CT molecular complexity index is 1200. The lowest BCUT2D eigenvalue weighted by molar-refractivity contribution is -0.137. The molecule has 2 aromatic heterocycles. The molecule has 182 valence electrons. The van der Waals surface area contributed by atoms with Crippen LogP contribution in [0.1, 0.15) is 62.2 Å². The lowest BCUT2D eigenvalue weighted by atomic mass is 10.1. The maximum atomic E-state index is 13.4. The van der Waals surface area contributed by atoms with Gasteiger partial charge in [-0.05, 0) is 69.0 Å². The van der Waals surface area contributed by atoms with E-state index in [1.807, 2.05) is 0 Å². The third-order valence-electron chi connectivity index (χ3n) is 5.59. The molecule has 3 heterocycles. The van der Waals surface area contributed by atoms with Crippen molar-refractivity contribution in [2.24, 2.45) is 0 Å². The first-order valence-electron chi connectivity index (χ1n) is 11.0. The fourth-order valence-electron chi connectivity index (χ4n) is 4.24. The zero-order valence-electron chi connectivity index (χ0n) is 19.2. The second-order valence-electron chi connectivity index (χ2n) is 9.40. The van der Waals surface area contributed by atoms with Crippen LogP contribution in [0.2, 0.25) is 0 Å². The van der Waals surface area contributed by atoms with Crippen LogP contribution in [0.4, 0.5) is 22.4 Å². The number of hydrogen-bond acceptors (Lipinski definition) is 4. The van der Waals surface area contributed by atoms with Crippen molar-refractivity contribution in [1.29, 1.82) is 0 Å². The highest BCUT2D eigenvalue weighted by atomic mass is 19.4. The standard InChI is InChI=1S/C24H26F4N4O2/c1-23(2,3)34-22(33)31-9-5-7-19(31)21-30-18-6-4-8-29-20(18)32(21)14-16-10-15(13-25)11-17(12-16)24(26,27)28/h4,6,8,10-12,19H,5,7,9,13-14H2,1-3H3/t19-/m1/s1. The molecule has 1 atom stereocenters. The van der Waals surface area contributed by atoms with Crippen molar-refractivity contribution in [3.05, 3.63) is 59.0 Å². The molecule has 4 rings (SSSR count). The van der Waals surface area contributed by atoms with Gasteiger partial charge >= 0.3 is 12.3 Å². The van der Waals surface area contributed by atoms with Crippen molar-refractivity contribution >= 4 is 17.3 Å². The minimum absolute atomic E-state index is 0.00156. The predicted molar refractivity (Wildman–Crippen MR) is 118 cm³/mol. The summed E-state index contributed by atoms with van der Waals surface area (Å²) in [5.41, 5.74) is -0.325. The van der Waals surface area contributed by atoms with E-state index < -0.39 is 36.2 Å². The Hall–Kier alpha value is -3.17. The molecule has 0 bridgehead atoms. The van der Waals surface area contributed by atoms with E-state index in [1.165, 1.54) is 6.07 Å². The first-order chi connectivity index (χ1) is 16.0. The van der Waals surface area contributed by atoms with E-state index in [0.29, 0.717) is 30.0 Å². The molecule has 1 fully saturated rings. The smallest absolute Gasteiger partial charge is 0.416 e. The van der Waals surface area contributed by atoms with Gasteiger partial charge in [0.15, 0.2) is 5.65 Å². The maximum Gasteiger partial charge on any atom is 0.416 e. The molecule has 1 amide bonds. The minimum atomic E-state index is -4.60. The van der Waals surface area contributed by atoms with Crippen molar-refractivity contribution < 1.29 is 27.1 Å². The number of imidazole rings is 1. The molecule has 0 N–H and O–H groups in total. The Morgan fingerprint density at radius 1 is 1.18 bits per heavy atom. The van der Waals surface area contributed by atoms with E-state index in [9.17, 15) is 22.4 Å². The average Bonchev–Trinajstić information content (AvgIpc) is 3.37. The molecule has 6 nitrogen and oxygen atoms in total. The van der Waals surface area contributed by atoms with Gasteiger partial charge in [0.2, 0.25) is 0 Å². The molecule has 10 heteroatoms. The number of aromatic nitrogens is 3. The SMILES string of the molecule is CC(C)(C)OC(=O)N1CCC[C@@H]1c1nc2cccnc2n1Cc1cc(CF)cc(C(F)(F)F)c1. The highest BCUT2D eigenvalue weighted by molar-refractivity contribution is 5.73. The van der Waals surface area contributed by atoms with Gasteiger partial charge in [-0.25, -0.2) is 19.2 Å². The fourth-order valence-corrected chi connectivity index (χ4v) is 4.24. The quantitative estimate of drug-likeness (QED) is 0.429. The molecule has 1 saturated heterocycles. The monoisotopic (exact) mass is 478 g/mol. The first kappa shape index (κ1) is 24.0. The number of benzene rings is 1. The third kappa shape index (κ3) is 5.00. The van der Waals surface area contributed by atoms with Gasteiger partial charge in [-0.1, -0.05) is 6.07 Å². The Balaban J connectivity index is 1.77. The van der Waals surface area contributed by atoms with Crippen molar-refractivity contribution in [2.45, 2.75) is 64.7 Å². The zero-order valence-corrected chi connectivity index (χ0v) is 19.2. The van der Waals surface area contributed by atoms with Crippen molar-refractivity contribution in [1.82, 2.24) is 19.4 Å². The Kier molecular flexibility index (Phi) is 6.26. The second-order valence-corrected chi connectivity index (χ2v) is 9.40. The van der Waals surface area contributed by atoms with Crippen molar-refractivity contribution in [2.75, 3.05) is 6.54 Å². The van der Waals surface area contributed by atoms with E-state index in [-0.39, 0.29) is 17.7 Å². The molecule has 0 spiro atoms. The molecule has 1 aliphatic rings. The van der Waals surface area contributed by atoms with Crippen LogP contribution in [0, 0.1) is 0 Å². The zero-order chi connectivity index (χ0) is 24.7. The number of carbonyl (C=O) groups excluding carboxylic acids is 1. The lowest BCUT2D eigenvalue weighted by Crippen LogP contribution is -2.37. The van der Waals surface area contributed by atoms with Crippen LogP contribution in [-0.4, -0.2) is 37.7 Å². The number of alkyl halides is 4. The molecule has 1 aliphatic heterocycles. The summed E-state index contributed by atoms with van der Waals surface area (Å²) in [6.45, 7) is 4.81. The summed E-state index contributed by atoms with van der Waals surface area (Å²) in [6.07, 6.45) is -2.14. The number of pyridine rings is 1. The molecular formula is C24H26F4N4O2. The van der Waals surface area contributed by atoms with E-state index in [0.717, 1.165) is 18.6 Å². The highest BCUT2D eigenvalue weighted by Gasteiger charge is 2.37. The third-order valence-corrected chi connectivity index (χ3v) is 5.59. The summed E-state index contributed by atoms with van der Waals surface area (Å²) in [4.78, 5) is 23.5. The summed E-state index contributed by atoms with van der Waals surface area (Å²) in [5, 5.41) is 0. The number of rotatable bonds is 4. The van der Waals surface area contributed by atoms with Crippen LogP contribution in [-0.2, 0) is 24.1 Å². The van der Waals surface area contributed by atoms with Crippen LogP contribution >= 0.6 is 0 Å². The van der Waals surface area contributed by atoms with Gasteiger partial charge in [0.05, 0.1) is 18.2 Å². The van der Waals surface area contributed by atoms with Gasteiger partial charge in [0.25, 0.3) is 0 Å². The number of fused-ring (bicyclic) bond motifs is 1. The summed E-state index contributed by atoms with van der Waals surface area (Å²) in [6, 6.07) is 6.29. The van der Waals surface area contributed by atoms with Gasteiger partial charge in [0, 0.05) is 12.7 Å². The molecule has 0 aliphatic carbocycles. The largest absolute Gasteiger partial charge is 0.444 e. The van der Waals surface area contributed by atoms with Gasteiger partial charge in [0.1, 0.15) is 23.6 Å². The summed E-state index contributed by atoms with van der Waals surface area (Å²) < 4.78 is 60.8. The molecule has 0 radical (unpaired) electrons. The molecule has 1 aromatic carbocycles. The Morgan fingerprint density at radius 3 is 2.59 bits per heavy atom. The van der Waals surface area contributed by atoms with Gasteiger partial charge in [-0.3, -0.25) is 4.90 Å². The van der Waals surface area contributed by atoms with Crippen LogP contribution in [0.25, 0.3) is 11.2 Å². The number of carbonyl (C=O) groups is 1. The summed E-state index contributed by atoms with van der Waals surface area (Å²) in [5.74, 6) is 0.510. The number of likely N-dealkylation sites (tertiary alicyclic amines) is 1. The molecule has 34 heavy (non-hydrogen) atoms. The average molecular weight is 478 g/mol. The van der Waals surface area contributed by atoms with Crippen molar-refractivity contribution in [3.63, 3.8) is 0 Å². The van der Waals surface area contributed by atoms with E-state index in [1.54, 1.807) is 48.6 Å². The molecule has 3 aromatic rings. The number of hydrogen-bond donors (Lipinski definition) is 0. The highest BCUT2D eigenvalue weighted by Crippen LogP contribution is 2.35. The fraction of sp³-hybridized carbons (Fsp3) is 0.458. The van der Waals surface area contributed by atoms with Gasteiger partial charge in [-0.2, -0.15) is 13.2 Å². The van der Waals surface area contributed by atoms with E-state index in [4.69, 9.17) is 4.74 Å². The Labute approximate surface area is 194 Å². The summed E-state index contributed by atoms with van der Waals surface area (Å²) in [7, 11) is 0. The van der Waals surface area contributed by atoms with Gasteiger partial charge < -0.3 is 9.30 Å². The number of nitrogens with zero attached hydrogens (tertiary/aromatic N) is 4. The minimum Gasteiger partial charge on any atom is -0.444 e. The second kappa shape index (κ2) is 8.88. The van der Waals surface area contributed by atoms with E-state index in [2.05, 4.69) is 9.97 Å². The number of amides is 1.